The first-order valence-electron chi connectivity index (χ1n) is 3.75. The van der Waals surface area contributed by atoms with Crippen molar-refractivity contribution in [2.75, 3.05) is 6.61 Å². The molecule has 1 aromatic rings. The number of nitrogens with two attached hydrogens (primary N) is 1. The Labute approximate surface area is 81.1 Å². The van der Waals surface area contributed by atoms with E-state index in [1.807, 2.05) is 0 Å². The number of sulfonamides is 1. The second-order valence-corrected chi connectivity index (χ2v) is 5.35. The van der Waals surface area contributed by atoms with Gasteiger partial charge in [-0.25, -0.2) is 13.6 Å². The average Bonchev–Trinajstić information content (AvgIpc) is 2.47. The Balaban J connectivity index is 2.76. The van der Waals surface area contributed by atoms with Gasteiger partial charge in [0.1, 0.15) is 4.21 Å². The van der Waals surface area contributed by atoms with Gasteiger partial charge in [0.2, 0.25) is 10.0 Å². The molecule has 4 nitrogen and oxygen atoms in total. The maximum atomic E-state index is 10.9. The third-order valence-electron chi connectivity index (χ3n) is 1.53. The molecule has 1 heterocycles. The molecule has 74 valence electrons. The standard InChI is InChI=1S/C7H11NO3S2/c8-13(10,11)7-4-6(5-12-7)2-1-3-9/h4-5,9H,1-3H2,(H2,8,10,11). The second kappa shape index (κ2) is 4.19. The second-order valence-electron chi connectivity index (χ2n) is 2.65. The highest BCUT2D eigenvalue weighted by Gasteiger charge is 2.10. The lowest BCUT2D eigenvalue weighted by Gasteiger charge is -1.92. The molecule has 0 aromatic carbocycles. The van der Waals surface area contributed by atoms with Crippen LogP contribution in [0.1, 0.15) is 12.0 Å². The lowest BCUT2D eigenvalue weighted by atomic mass is 10.2. The van der Waals surface area contributed by atoms with E-state index in [0.717, 1.165) is 16.9 Å². The fourth-order valence-electron chi connectivity index (χ4n) is 0.917. The monoisotopic (exact) mass is 221 g/mol. The summed E-state index contributed by atoms with van der Waals surface area (Å²) in [6, 6.07) is 1.55. The Morgan fingerprint density at radius 3 is 2.69 bits per heavy atom. The first-order chi connectivity index (χ1) is 6.04. The van der Waals surface area contributed by atoms with Gasteiger partial charge in [0.05, 0.1) is 0 Å². The molecular weight excluding hydrogens is 210 g/mol. The van der Waals surface area contributed by atoms with E-state index in [-0.39, 0.29) is 10.8 Å². The van der Waals surface area contributed by atoms with Gasteiger partial charge in [0.25, 0.3) is 0 Å². The van der Waals surface area contributed by atoms with Crippen LogP contribution < -0.4 is 5.14 Å². The molecule has 0 atom stereocenters. The smallest absolute Gasteiger partial charge is 0.247 e. The van der Waals surface area contributed by atoms with Gasteiger partial charge in [-0.05, 0) is 29.9 Å². The third kappa shape index (κ3) is 3.07. The highest BCUT2D eigenvalue weighted by molar-refractivity contribution is 7.91. The maximum absolute atomic E-state index is 10.9. The lowest BCUT2D eigenvalue weighted by Crippen LogP contribution is -2.10. The quantitative estimate of drug-likeness (QED) is 0.768. The van der Waals surface area contributed by atoms with Crippen LogP contribution in [0.25, 0.3) is 0 Å². The fraction of sp³-hybridized carbons (Fsp3) is 0.429. The minimum absolute atomic E-state index is 0.112. The minimum atomic E-state index is -3.55. The van der Waals surface area contributed by atoms with Crippen LogP contribution in [-0.2, 0) is 16.4 Å². The van der Waals surface area contributed by atoms with Crippen molar-refractivity contribution in [3.05, 3.63) is 17.0 Å². The highest BCUT2D eigenvalue weighted by Crippen LogP contribution is 2.19. The van der Waals surface area contributed by atoms with E-state index in [4.69, 9.17) is 10.2 Å². The fourth-order valence-corrected chi connectivity index (χ4v) is 2.59. The van der Waals surface area contributed by atoms with Crippen LogP contribution in [0.15, 0.2) is 15.7 Å². The molecule has 0 unspecified atom stereocenters. The Kier molecular flexibility index (Phi) is 3.43. The molecular formula is C7H11NO3S2. The van der Waals surface area contributed by atoms with Crippen LogP contribution in [-0.4, -0.2) is 20.1 Å². The Morgan fingerprint density at radius 2 is 2.23 bits per heavy atom. The number of aliphatic hydroxyl groups is 1. The summed E-state index contributed by atoms with van der Waals surface area (Å²) >= 11 is 1.11. The third-order valence-corrected chi connectivity index (χ3v) is 3.97. The van der Waals surface area contributed by atoms with Crippen molar-refractivity contribution in [3.63, 3.8) is 0 Å². The van der Waals surface area contributed by atoms with E-state index in [0.29, 0.717) is 12.8 Å². The van der Waals surface area contributed by atoms with Gasteiger partial charge in [-0.1, -0.05) is 0 Å². The van der Waals surface area contributed by atoms with Crippen molar-refractivity contribution in [1.82, 2.24) is 0 Å². The molecule has 0 saturated heterocycles. The van der Waals surface area contributed by atoms with E-state index in [1.54, 1.807) is 11.4 Å². The molecule has 0 aliphatic heterocycles. The molecule has 0 fully saturated rings. The first kappa shape index (κ1) is 10.6. The predicted molar refractivity (Wildman–Crippen MR) is 51.1 cm³/mol. The van der Waals surface area contributed by atoms with Crippen molar-refractivity contribution < 1.29 is 13.5 Å². The molecule has 13 heavy (non-hydrogen) atoms. The molecule has 6 heteroatoms. The van der Waals surface area contributed by atoms with Crippen LogP contribution in [0.2, 0.25) is 0 Å². The number of hydrogen-bond acceptors (Lipinski definition) is 4. The molecule has 1 aromatic heterocycles. The van der Waals surface area contributed by atoms with Crippen LogP contribution >= 0.6 is 11.3 Å². The number of rotatable bonds is 4. The number of hydrogen-bond donors (Lipinski definition) is 2. The van der Waals surface area contributed by atoms with Crippen molar-refractivity contribution >= 4 is 21.4 Å². The zero-order chi connectivity index (χ0) is 9.90. The zero-order valence-electron chi connectivity index (χ0n) is 6.93. The van der Waals surface area contributed by atoms with E-state index in [2.05, 4.69) is 0 Å². The van der Waals surface area contributed by atoms with Gasteiger partial charge in [-0.15, -0.1) is 11.3 Å². The largest absolute Gasteiger partial charge is 0.396 e. The Morgan fingerprint density at radius 1 is 1.54 bits per heavy atom. The summed E-state index contributed by atoms with van der Waals surface area (Å²) in [7, 11) is -3.55. The van der Waals surface area contributed by atoms with E-state index >= 15 is 0 Å². The normalized spacial score (nSPS) is 11.8. The number of aliphatic hydroxyl groups excluding tert-OH is 1. The summed E-state index contributed by atoms with van der Waals surface area (Å²) in [6.45, 7) is 0.112. The van der Waals surface area contributed by atoms with Crippen LogP contribution in [0.5, 0.6) is 0 Å². The molecule has 1 rings (SSSR count). The van der Waals surface area contributed by atoms with E-state index in [1.165, 1.54) is 0 Å². The zero-order valence-corrected chi connectivity index (χ0v) is 8.57. The van der Waals surface area contributed by atoms with Crippen molar-refractivity contribution in [2.45, 2.75) is 17.1 Å². The van der Waals surface area contributed by atoms with Crippen LogP contribution in [0.4, 0.5) is 0 Å². The minimum Gasteiger partial charge on any atom is -0.396 e. The van der Waals surface area contributed by atoms with Crippen molar-refractivity contribution in [1.29, 1.82) is 0 Å². The topological polar surface area (TPSA) is 80.4 Å². The van der Waals surface area contributed by atoms with Crippen LogP contribution in [0.3, 0.4) is 0 Å². The Bertz CT molecular complexity index is 369. The summed E-state index contributed by atoms with van der Waals surface area (Å²) < 4.78 is 21.9. The van der Waals surface area contributed by atoms with Gasteiger partial charge in [-0.3, -0.25) is 0 Å². The van der Waals surface area contributed by atoms with Gasteiger partial charge in [0, 0.05) is 6.61 Å². The van der Waals surface area contributed by atoms with Crippen molar-refractivity contribution in [2.24, 2.45) is 5.14 Å². The Hall–Kier alpha value is -0.430. The molecule has 0 radical (unpaired) electrons. The predicted octanol–water partition coefficient (Wildman–Crippen LogP) is 0.320. The molecule has 0 saturated carbocycles. The summed E-state index contributed by atoms with van der Waals surface area (Å²) in [5.41, 5.74) is 0.906. The summed E-state index contributed by atoms with van der Waals surface area (Å²) in [5.74, 6) is 0. The van der Waals surface area contributed by atoms with Gasteiger partial charge in [0.15, 0.2) is 0 Å². The van der Waals surface area contributed by atoms with Gasteiger partial charge in [-0.2, -0.15) is 0 Å². The van der Waals surface area contributed by atoms with Crippen LogP contribution in [0, 0.1) is 0 Å². The van der Waals surface area contributed by atoms with Gasteiger partial charge < -0.3 is 5.11 Å². The van der Waals surface area contributed by atoms with E-state index in [9.17, 15) is 8.42 Å². The summed E-state index contributed by atoms with van der Waals surface area (Å²) in [4.78, 5) is 0. The molecule has 0 aliphatic carbocycles. The SMILES string of the molecule is NS(=O)(=O)c1cc(CCCO)cs1. The molecule has 0 amide bonds. The summed E-state index contributed by atoms with van der Waals surface area (Å²) in [6.07, 6.45) is 1.32. The van der Waals surface area contributed by atoms with E-state index < -0.39 is 10.0 Å². The number of primary sulfonamides is 1. The number of aryl methyl sites for hydroxylation is 1. The lowest BCUT2D eigenvalue weighted by molar-refractivity contribution is 0.288. The number of thiophene rings is 1. The highest BCUT2D eigenvalue weighted by atomic mass is 32.2. The molecule has 0 spiro atoms. The van der Waals surface area contributed by atoms with Gasteiger partial charge >= 0.3 is 0 Å². The molecule has 0 aliphatic rings. The van der Waals surface area contributed by atoms with Crippen molar-refractivity contribution in [3.8, 4) is 0 Å². The average molecular weight is 221 g/mol. The maximum Gasteiger partial charge on any atom is 0.247 e. The summed E-state index contributed by atoms with van der Waals surface area (Å²) in [5, 5.41) is 15.2. The molecule has 3 N–H and O–H groups in total. The first-order valence-corrected chi connectivity index (χ1v) is 6.17. The molecule has 0 bridgehead atoms.